The van der Waals surface area contributed by atoms with Gasteiger partial charge in [0.25, 0.3) is 0 Å². The molecule has 0 aromatic heterocycles. The van der Waals surface area contributed by atoms with Gasteiger partial charge in [-0.1, -0.05) is 12.8 Å². The van der Waals surface area contributed by atoms with Crippen molar-refractivity contribution in [1.29, 1.82) is 0 Å². The maximum absolute atomic E-state index is 11.0. The average Bonchev–Trinajstić information content (AvgIpc) is 2.10. The van der Waals surface area contributed by atoms with Crippen LogP contribution in [0.5, 0.6) is 0 Å². The number of nitrogens with one attached hydrogen (secondary N) is 1. The van der Waals surface area contributed by atoms with Crippen LogP contribution in [0.1, 0.15) is 19.8 Å². The second-order valence-electron chi connectivity index (χ2n) is 2.44. The number of methoxy groups -OCH3 is 1. The second kappa shape index (κ2) is 6.68. The van der Waals surface area contributed by atoms with Crippen LogP contribution < -0.4 is 5.32 Å². The first-order chi connectivity index (χ1) is 5.74. The Hall–Kier alpha value is -1.01. The zero-order valence-corrected chi connectivity index (χ0v) is 7.59. The third-order valence-electron chi connectivity index (χ3n) is 1.48. The first kappa shape index (κ1) is 11.0. The Morgan fingerprint density at radius 1 is 1.75 bits per heavy atom. The van der Waals surface area contributed by atoms with Gasteiger partial charge in [-0.2, -0.15) is 0 Å². The maximum Gasteiger partial charge on any atom is 0.223 e. The Labute approximate surface area is 73.5 Å². The van der Waals surface area contributed by atoms with E-state index < -0.39 is 0 Å². The summed E-state index contributed by atoms with van der Waals surface area (Å²) in [6, 6.07) is -0.144. The van der Waals surface area contributed by atoms with Crippen molar-refractivity contribution in [1.82, 2.24) is 5.32 Å². The highest BCUT2D eigenvalue weighted by atomic mass is 16.5. The molecule has 0 rings (SSSR count). The molecule has 0 aromatic carbocycles. The van der Waals surface area contributed by atoms with Gasteiger partial charge in [-0.05, 0) is 6.42 Å². The number of carbonyl (C=O) groups excluding carboxylic acids is 1. The zero-order valence-electron chi connectivity index (χ0n) is 7.59. The highest BCUT2D eigenvalue weighted by molar-refractivity contribution is 5.76. The quantitative estimate of drug-likeness (QED) is 0.610. The van der Waals surface area contributed by atoms with Crippen LogP contribution in [-0.2, 0) is 9.53 Å². The fourth-order valence-corrected chi connectivity index (χ4v) is 0.723. The van der Waals surface area contributed by atoms with E-state index in [1.165, 1.54) is 0 Å². The number of terminal acetylenes is 1. The predicted octanol–water partition coefficient (Wildman–Crippen LogP) is 0.551. The van der Waals surface area contributed by atoms with E-state index >= 15 is 0 Å². The summed E-state index contributed by atoms with van der Waals surface area (Å²) in [5, 5.41) is 2.70. The highest BCUT2D eigenvalue weighted by Gasteiger charge is 2.05. The molecule has 0 spiro atoms. The standard InChI is InChI=1S/C9H15NO2/c1-4-8(5-2)10-9(11)6-7-12-3/h1,8H,5-7H2,2-3H3,(H,10,11). The van der Waals surface area contributed by atoms with E-state index in [9.17, 15) is 4.79 Å². The van der Waals surface area contributed by atoms with E-state index in [0.29, 0.717) is 13.0 Å². The molecule has 12 heavy (non-hydrogen) atoms. The van der Waals surface area contributed by atoms with E-state index in [2.05, 4.69) is 11.2 Å². The van der Waals surface area contributed by atoms with Crippen LogP contribution in [0.25, 0.3) is 0 Å². The SMILES string of the molecule is C#CC(CC)NC(=O)CCOC. The maximum atomic E-state index is 11.0. The Bertz CT molecular complexity index is 172. The first-order valence-corrected chi connectivity index (χ1v) is 3.99. The number of hydrogen-bond acceptors (Lipinski definition) is 2. The van der Waals surface area contributed by atoms with Crippen molar-refractivity contribution >= 4 is 5.91 Å². The molecular formula is C9H15NO2. The molecule has 3 nitrogen and oxygen atoms in total. The third kappa shape index (κ3) is 4.75. The summed E-state index contributed by atoms with van der Waals surface area (Å²) in [6.45, 7) is 2.37. The summed E-state index contributed by atoms with van der Waals surface area (Å²) in [5.74, 6) is 2.43. The average molecular weight is 169 g/mol. The number of carbonyl (C=O) groups is 1. The van der Waals surface area contributed by atoms with Crippen LogP contribution in [0.2, 0.25) is 0 Å². The van der Waals surface area contributed by atoms with Crippen LogP contribution in [0.4, 0.5) is 0 Å². The van der Waals surface area contributed by atoms with Gasteiger partial charge >= 0.3 is 0 Å². The van der Waals surface area contributed by atoms with Gasteiger partial charge in [0.1, 0.15) is 0 Å². The lowest BCUT2D eigenvalue weighted by Gasteiger charge is -2.09. The highest BCUT2D eigenvalue weighted by Crippen LogP contribution is 1.89. The Kier molecular flexibility index (Phi) is 6.12. The largest absolute Gasteiger partial charge is 0.384 e. The molecule has 1 N–H and O–H groups in total. The summed E-state index contributed by atoms with van der Waals surface area (Å²) in [5.41, 5.74) is 0. The summed E-state index contributed by atoms with van der Waals surface area (Å²) < 4.78 is 4.75. The Morgan fingerprint density at radius 2 is 2.42 bits per heavy atom. The van der Waals surface area contributed by atoms with Gasteiger partial charge in [0.15, 0.2) is 0 Å². The number of hydrogen-bond donors (Lipinski definition) is 1. The smallest absolute Gasteiger partial charge is 0.223 e. The molecule has 0 saturated carbocycles. The molecule has 0 fully saturated rings. The number of amides is 1. The van der Waals surface area contributed by atoms with Gasteiger partial charge in [-0.25, -0.2) is 0 Å². The minimum absolute atomic E-state index is 0.0540. The molecule has 0 aromatic rings. The second-order valence-corrected chi connectivity index (χ2v) is 2.44. The molecule has 0 radical (unpaired) electrons. The molecular weight excluding hydrogens is 154 g/mol. The fourth-order valence-electron chi connectivity index (χ4n) is 0.723. The van der Waals surface area contributed by atoms with Crippen molar-refractivity contribution in [3.63, 3.8) is 0 Å². The molecule has 1 amide bonds. The summed E-state index contributed by atoms with van der Waals surface area (Å²) in [7, 11) is 1.56. The molecule has 0 aliphatic rings. The Balaban J connectivity index is 3.61. The van der Waals surface area contributed by atoms with Crippen molar-refractivity contribution in [3.8, 4) is 12.3 Å². The molecule has 0 aliphatic heterocycles. The molecule has 0 heterocycles. The summed E-state index contributed by atoms with van der Waals surface area (Å²) >= 11 is 0. The molecule has 1 unspecified atom stereocenters. The minimum atomic E-state index is -0.144. The topological polar surface area (TPSA) is 38.3 Å². The van der Waals surface area contributed by atoms with Crippen LogP contribution in [0.3, 0.4) is 0 Å². The van der Waals surface area contributed by atoms with Crippen molar-refractivity contribution in [2.75, 3.05) is 13.7 Å². The first-order valence-electron chi connectivity index (χ1n) is 3.99. The molecule has 68 valence electrons. The van der Waals surface area contributed by atoms with Gasteiger partial charge in [0, 0.05) is 13.5 Å². The van der Waals surface area contributed by atoms with Crippen LogP contribution >= 0.6 is 0 Å². The molecule has 0 aliphatic carbocycles. The lowest BCUT2D eigenvalue weighted by molar-refractivity contribution is -0.122. The van der Waals surface area contributed by atoms with Crippen molar-refractivity contribution in [2.24, 2.45) is 0 Å². The monoisotopic (exact) mass is 169 g/mol. The molecule has 0 bridgehead atoms. The lowest BCUT2D eigenvalue weighted by Crippen LogP contribution is -2.33. The van der Waals surface area contributed by atoms with E-state index in [0.717, 1.165) is 6.42 Å². The fraction of sp³-hybridized carbons (Fsp3) is 0.667. The van der Waals surface area contributed by atoms with Gasteiger partial charge in [-0.15, -0.1) is 6.42 Å². The van der Waals surface area contributed by atoms with Crippen molar-refractivity contribution < 1.29 is 9.53 Å². The van der Waals surface area contributed by atoms with E-state index in [1.807, 2.05) is 6.92 Å². The predicted molar refractivity (Wildman–Crippen MR) is 47.5 cm³/mol. The van der Waals surface area contributed by atoms with Crippen molar-refractivity contribution in [2.45, 2.75) is 25.8 Å². The van der Waals surface area contributed by atoms with Crippen LogP contribution in [-0.4, -0.2) is 25.7 Å². The molecule has 3 heteroatoms. The normalized spacial score (nSPS) is 11.8. The molecule has 1 atom stereocenters. The van der Waals surface area contributed by atoms with Gasteiger partial charge < -0.3 is 10.1 Å². The third-order valence-corrected chi connectivity index (χ3v) is 1.48. The summed E-state index contributed by atoms with van der Waals surface area (Å²) in [6.07, 6.45) is 6.29. The zero-order chi connectivity index (χ0) is 9.40. The van der Waals surface area contributed by atoms with E-state index in [4.69, 9.17) is 11.2 Å². The van der Waals surface area contributed by atoms with E-state index in [-0.39, 0.29) is 11.9 Å². The van der Waals surface area contributed by atoms with E-state index in [1.54, 1.807) is 7.11 Å². The van der Waals surface area contributed by atoms with Gasteiger partial charge in [0.05, 0.1) is 12.6 Å². The summed E-state index contributed by atoms with van der Waals surface area (Å²) in [4.78, 5) is 11.0. The van der Waals surface area contributed by atoms with Gasteiger partial charge in [-0.3, -0.25) is 4.79 Å². The Morgan fingerprint density at radius 3 is 2.83 bits per heavy atom. The lowest BCUT2D eigenvalue weighted by atomic mass is 10.2. The van der Waals surface area contributed by atoms with Crippen LogP contribution in [0, 0.1) is 12.3 Å². The van der Waals surface area contributed by atoms with Crippen LogP contribution in [0.15, 0.2) is 0 Å². The van der Waals surface area contributed by atoms with Gasteiger partial charge in [0.2, 0.25) is 5.91 Å². The number of rotatable bonds is 5. The number of ether oxygens (including phenoxy) is 1. The molecule has 0 saturated heterocycles. The van der Waals surface area contributed by atoms with Crippen molar-refractivity contribution in [3.05, 3.63) is 0 Å². The minimum Gasteiger partial charge on any atom is -0.384 e.